The lowest BCUT2D eigenvalue weighted by atomic mass is 10.1. The summed E-state index contributed by atoms with van der Waals surface area (Å²) < 4.78 is 5.37. The lowest BCUT2D eigenvalue weighted by Crippen LogP contribution is -2.36. The maximum absolute atomic E-state index is 6.02. The van der Waals surface area contributed by atoms with Gasteiger partial charge in [-0.2, -0.15) is 0 Å². The average Bonchev–Trinajstić information content (AvgIpc) is 3.15. The molecule has 0 aromatic heterocycles. The first-order valence-electron chi connectivity index (χ1n) is 6.07. The van der Waals surface area contributed by atoms with Gasteiger partial charge in [0.2, 0.25) is 0 Å². The van der Waals surface area contributed by atoms with Crippen LogP contribution in [-0.4, -0.2) is 26.3 Å². The molecule has 2 aliphatic rings. The largest absolute Gasteiger partial charge is 0.398 e. The molecule has 1 heterocycles. The molecule has 0 atom stereocenters. The zero-order valence-corrected chi connectivity index (χ0v) is 9.48. The predicted molar refractivity (Wildman–Crippen MR) is 65.9 cm³/mol. The molecule has 3 heteroatoms. The van der Waals surface area contributed by atoms with Gasteiger partial charge in [-0.1, -0.05) is 0 Å². The second kappa shape index (κ2) is 3.98. The molecule has 16 heavy (non-hydrogen) atoms. The van der Waals surface area contributed by atoms with Crippen molar-refractivity contribution in [2.45, 2.75) is 18.8 Å². The quantitative estimate of drug-likeness (QED) is 0.771. The number of nitrogen functional groups attached to an aromatic ring is 1. The number of morpholine rings is 1. The Hall–Kier alpha value is -1.22. The van der Waals surface area contributed by atoms with Gasteiger partial charge in [-0.3, -0.25) is 0 Å². The van der Waals surface area contributed by atoms with Gasteiger partial charge >= 0.3 is 0 Å². The molecule has 3 rings (SSSR count). The first kappa shape index (κ1) is 9.97. The number of hydrogen-bond acceptors (Lipinski definition) is 3. The lowest BCUT2D eigenvalue weighted by molar-refractivity contribution is 0.122. The SMILES string of the molecule is Nc1ccc(N2CCOCC2)cc1C1CC1. The molecular weight excluding hydrogens is 200 g/mol. The minimum atomic E-state index is 0.723. The smallest absolute Gasteiger partial charge is 0.0642 e. The van der Waals surface area contributed by atoms with Crippen molar-refractivity contribution in [2.75, 3.05) is 36.9 Å². The number of nitrogens with two attached hydrogens (primary N) is 1. The summed E-state index contributed by atoms with van der Waals surface area (Å²) in [4.78, 5) is 2.38. The Morgan fingerprint density at radius 1 is 1.19 bits per heavy atom. The summed E-state index contributed by atoms with van der Waals surface area (Å²) in [7, 11) is 0. The molecule has 0 amide bonds. The number of anilines is 2. The fourth-order valence-electron chi connectivity index (χ4n) is 2.33. The highest BCUT2D eigenvalue weighted by molar-refractivity contribution is 5.60. The topological polar surface area (TPSA) is 38.5 Å². The van der Waals surface area contributed by atoms with Crippen LogP contribution in [0.3, 0.4) is 0 Å². The third-order valence-corrected chi connectivity index (χ3v) is 3.46. The highest BCUT2D eigenvalue weighted by atomic mass is 16.5. The Kier molecular flexibility index (Phi) is 2.48. The van der Waals surface area contributed by atoms with Crippen molar-refractivity contribution in [3.63, 3.8) is 0 Å². The van der Waals surface area contributed by atoms with Gasteiger partial charge in [0.25, 0.3) is 0 Å². The van der Waals surface area contributed by atoms with E-state index >= 15 is 0 Å². The fraction of sp³-hybridized carbons (Fsp3) is 0.538. The van der Waals surface area contributed by atoms with E-state index in [-0.39, 0.29) is 0 Å². The molecule has 3 nitrogen and oxygen atoms in total. The van der Waals surface area contributed by atoms with Crippen LogP contribution in [-0.2, 0) is 4.74 Å². The first-order valence-corrected chi connectivity index (χ1v) is 6.07. The van der Waals surface area contributed by atoms with E-state index in [0.717, 1.165) is 37.9 Å². The number of ether oxygens (including phenoxy) is 1. The normalized spacial score (nSPS) is 21.1. The van der Waals surface area contributed by atoms with Crippen LogP contribution >= 0.6 is 0 Å². The van der Waals surface area contributed by atoms with Gasteiger partial charge < -0.3 is 15.4 Å². The van der Waals surface area contributed by atoms with Crippen molar-refractivity contribution < 1.29 is 4.74 Å². The zero-order valence-electron chi connectivity index (χ0n) is 9.48. The molecule has 0 spiro atoms. The van der Waals surface area contributed by atoms with Crippen LogP contribution in [0.5, 0.6) is 0 Å². The van der Waals surface area contributed by atoms with E-state index in [1.165, 1.54) is 24.1 Å². The van der Waals surface area contributed by atoms with Crippen molar-refractivity contribution in [3.05, 3.63) is 23.8 Å². The van der Waals surface area contributed by atoms with Crippen molar-refractivity contribution in [1.29, 1.82) is 0 Å². The summed E-state index contributed by atoms with van der Waals surface area (Å²) in [6.45, 7) is 3.66. The second-order valence-corrected chi connectivity index (χ2v) is 4.69. The Morgan fingerprint density at radius 2 is 1.94 bits per heavy atom. The van der Waals surface area contributed by atoms with Gasteiger partial charge in [-0.05, 0) is 42.5 Å². The molecular formula is C13H18N2O. The highest BCUT2D eigenvalue weighted by Gasteiger charge is 2.26. The van der Waals surface area contributed by atoms with E-state index in [1.807, 2.05) is 0 Å². The van der Waals surface area contributed by atoms with Crippen LogP contribution < -0.4 is 10.6 Å². The summed E-state index contributed by atoms with van der Waals surface area (Å²) in [6.07, 6.45) is 2.60. The van der Waals surface area contributed by atoms with Gasteiger partial charge in [-0.15, -0.1) is 0 Å². The third-order valence-electron chi connectivity index (χ3n) is 3.46. The van der Waals surface area contributed by atoms with Gasteiger partial charge in [0.1, 0.15) is 0 Å². The minimum absolute atomic E-state index is 0.723. The van der Waals surface area contributed by atoms with Crippen LogP contribution in [0.25, 0.3) is 0 Å². The van der Waals surface area contributed by atoms with E-state index in [2.05, 4.69) is 23.1 Å². The first-order chi connectivity index (χ1) is 7.84. The van der Waals surface area contributed by atoms with E-state index < -0.39 is 0 Å². The molecule has 1 saturated carbocycles. The van der Waals surface area contributed by atoms with E-state index in [4.69, 9.17) is 10.5 Å². The zero-order chi connectivity index (χ0) is 11.0. The van der Waals surface area contributed by atoms with Crippen LogP contribution in [0.1, 0.15) is 24.3 Å². The summed E-state index contributed by atoms with van der Waals surface area (Å²) in [5.41, 5.74) is 9.63. The second-order valence-electron chi connectivity index (χ2n) is 4.69. The maximum Gasteiger partial charge on any atom is 0.0642 e. The van der Waals surface area contributed by atoms with Gasteiger partial charge in [-0.25, -0.2) is 0 Å². The summed E-state index contributed by atoms with van der Waals surface area (Å²) in [5, 5.41) is 0. The number of rotatable bonds is 2. The molecule has 0 bridgehead atoms. The standard InChI is InChI=1S/C13H18N2O/c14-13-4-3-11(9-12(13)10-1-2-10)15-5-7-16-8-6-15/h3-4,9-10H,1-2,5-8,14H2. The van der Waals surface area contributed by atoms with Gasteiger partial charge in [0, 0.05) is 24.5 Å². The molecule has 0 unspecified atom stereocenters. The average molecular weight is 218 g/mol. The van der Waals surface area contributed by atoms with E-state index in [1.54, 1.807) is 0 Å². The summed E-state index contributed by atoms with van der Waals surface area (Å²) in [5.74, 6) is 0.723. The molecule has 1 aliphatic carbocycles. The minimum Gasteiger partial charge on any atom is -0.398 e. The van der Waals surface area contributed by atoms with Crippen LogP contribution in [0.2, 0.25) is 0 Å². The molecule has 1 aliphatic heterocycles. The van der Waals surface area contributed by atoms with Gasteiger partial charge in [0.05, 0.1) is 13.2 Å². The summed E-state index contributed by atoms with van der Waals surface area (Å²) in [6, 6.07) is 6.46. The highest BCUT2D eigenvalue weighted by Crippen LogP contribution is 2.43. The lowest BCUT2D eigenvalue weighted by Gasteiger charge is -2.29. The Labute approximate surface area is 96.2 Å². The van der Waals surface area contributed by atoms with Crippen molar-refractivity contribution in [1.82, 2.24) is 0 Å². The van der Waals surface area contributed by atoms with E-state index in [0.29, 0.717) is 0 Å². The van der Waals surface area contributed by atoms with Crippen LogP contribution in [0.15, 0.2) is 18.2 Å². The Morgan fingerprint density at radius 3 is 2.62 bits per heavy atom. The molecule has 2 fully saturated rings. The van der Waals surface area contributed by atoms with Crippen LogP contribution in [0.4, 0.5) is 11.4 Å². The predicted octanol–water partition coefficient (Wildman–Crippen LogP) is 1.98. The number of benzene rings is 1. The van der Waals surface area contributed by atoms with Crippen molar-refractivity contribution in [2.24, 2.45) is 0 Å². The number of hydrogen-bond donors (Lipinski definition) is 1. The molecule has 1 aromatic carbocycles. The molecule has 0 radical (unpaired) electrons. The Balaban J connectivity index is 1.85. The monoisotopic (exact) mass is 218 g/mol. The fourth-order valence-corrected chi connectivity index (χ4v) is 2.33. The maximum atomic E-state index is 6.02. The third kappa shape index (κ3) is 1.87. The molecule has 86 valence electrons. The molecule has 1 aromatic rings. The van der Waals surface area contributed by atoms with Crippen molar-refractivity contribution >= 4 is 11.4 Å². The molecule has 2 N–H and O–H groups in total. The van der Waals surface area contributed by atoms with Crippen LogP contribution in [0, 0.1) is 0 Å². The summed E-state index contributed by atoms with van der Waals surface area (Å²) >= 11 is 0. The molecule has 1 saturated heterocycles. The Bertz CT molecular complexity index is 382. The van der Waals surface area contributed by atoms with Crippen molar-refractivity contribution in [3.8, 4) is 0 Å². The van der Waals surface area contributed by atoms with Gasteiger partial charge in [0.15, 0.2) is 0 Å². The van der Waals surface area contributed by atoms with E-state index in [9.17, 15) is 0 Å². The number of nitrogens with zero attached hydrogens (tertiary/aromatic N) is 1.